The number of aromatic carboxylic acids is 1. The van der Waals surface area contributed by atoms with Gasteiger partial charge in [-0.05, 0) is 0 Å². The van der Waals surface area contributed by atoms with E-state index in [0.717, 1.165) is 0 Å². The quantitative estimate of drug-likeness (QED) is 0.516. The number of rotatable bonds is 9. The first-order valence-electron chi connectivity index (χ1n) is 6.00. The lowest BCUT2D eigenvalue weighted by Crippen LogP contribution is -2.11. The first kappa shape index (κ1) is 16.1. The van der Waals surface area contributed by atoms with Crippen LogP contribution in [0.5, 0.6) is 11.5 Å². The average Bonchev–Trinajstić information content (AvgIpc) is 2.43. The highest BCUT2D eigenvalue weighted by atomic mass is 16.5. The van der Waals surface area contributed by atoms with E-state index in [1.807, 2.05) is 0 Å². The average molecular weight is 285 g/mol. The topological polar surface area (TPSA) is 100 Å². The standard InChI is InChI=1S/C13H19NO6/c1-17-3-4-19-5-6-20-12-7-9(13(15)16)10(14)8-11(12)18-2/h7-8H,3-6,14H2,1-2H3,(H,15,16). The molecule has 7 nitrogen and oxygen atoms in total. The third kappa shape index (κ3) is 4.60. The Kier molecular flexibility index (Phi) is 6.61. The Hall–Kier alpha value is -1.99. The Labute approximate surface area is 117 Å². The van der Waals surface area contributed by atoms with Gasteiger partial charge in [0, 0.05) is 19.2 Å². The summed E-state index contributed by atoms with van der Waals surface area (Å²) in [6, 6.07) is 2.76. The maximum Gasteiger partial charge on any atom is 0.337 e. The molecule has 0 heterocycles. The molecule has 0 fully saturated rings. The first-order chi connectivity index (χ1) is 9.60. The Balaban J connectivity index is 2.63. The van der Waals surface area contributed by atoms with Crippen molar-refractivity contribution < 1.29 is 28.8 Å². The number of hydrogen-bond donors (Lipinski definition) is 2. The van der Waals surface area contributed by atoms with Crippen LogP contribution in [0.1, 0.15) is 10.4 Å². The monoisotopic (exact) mass is 285 g/mol. The highest BCUT2D eigenvalue weighted by Crippen LogP contribution is 2.32. The van der Waals surface area contributed by atoms with Crippen molar-refractivity contribution in [3.05, 3.63) is 17.7 Å². The Morgan fingerprint density at radius 3 is 2.45 bits per heavy atom. The van der Waals surface area contributed by atoms with E-state index in [9.17, 15) is 4.79 Å². The van der Waals surface area contributed by atoms with E-state index < -0.39 is 5.97 Å². The molecule has 0 saturated carbocycles. The van der Waals surface area contributed by atoms with E-state index in [1.54, 1.807) is 7.11 Å². The number of nitrogen functional groups attached to an aromatic ring is 1. The molecule has 0 radical (unpaired) electrons. The van der Waals surface area contributed by atoms with E-state index in [-0.39, 0.29) is 17.9 Å². The van der Waals surface area contributed by atoms with E-state index in [1.165, 1.54) is 19.2 Å². The lowest BCUT2D eigenvalue weighted by Gasteiger charge is -2.13. The van der Waals surface area contributed by atoms with E-state index in [4.69, 9.17) is 29.8 Å². The lowest BCUT2D eigenvalue weighted by atomic mass is 10.1. The molecule has 0 bridgehead atoms. The molecule has 3 N–H and O–H groups in total. The van der Waals surface area contributed by atoms with Crippen LogP contribution in [0.2, 0.25) is 0 Å². The molecule has 1 aromatic rings. The normalized spacial score (nSPS) is 10.3. The Bertz CT molecular complexity index is 449. The number of carbonyl (C=O) groups is 1. The summed E-state index contributed by atoms with van der Waals surface area (Å²) in [6.07, 6.45) is 0. The largest absolute Gasteiger partial charge is 0.493 e. The van der Waals surface area contributed by atoms with Crippen LogP contribution in [-0.4, -0.2) is 51.7 Å². The number of nitrogens with two attached hydrogens (primary N) is 1. The molecule has 0 amide bonds. The molecule has 0 aromatic heterocycles. The highest BCUT2D eigenvalue weighted by Gasteiger charge is 2.14. The van der Waals surface area contributed by atoms with Gasteiger partial charge in [-0.25, -0.2) is 4.79 Å². The molecule has 0 spiro atoms. The summed E-state index contributed by atoms with van der Waals surface area (Å²) in [7, 11) is 3.05. The number of ether oxygens (including phenoxy) is 4. The molecule has 7 heteroatoms. The zero-order valence-corrected chi connectivity index (χ0v) is 11.5. The van der Waals surface area contributed by atoms with Crippen molar-refractivity contribution >= 4 is 11.7 Å². The van der Waals surface area contributed by atoms with Crippen LogP contribution >= 0.6 is 0 Å². The van der Waals surface area contributed by atoms with Crippen molar-refractivity contribution in [2.45, 2.75) is 0 Å². The van der Waals surface area contributed by atoms with Crippen molar-refractivity contribution in [3.8, 4) is 11.5 Å². The molecule has 0 unspecified atom stereocenters. The van der Waals surface area contributed by atoms with Gasteiger partial charge in [-0.15, -0.1) is 0 Å². The SMILES string of the molecule is COCCOCCOc1cc(C(=O)O)c(N)cc1OC. The van der Waals surface area contributed by atoms with Gasteiger partial charge in [0.25, 0.3) is 0 Å². The van der Waals surface area contributed by atoms with E-state index in [2.05, 4.69) is 0 Å². The van der Waals surface area contributed by atoms with Gasteiger partial charge in [0.2, 0.25) is 0 Å². The molecule has 0 atom stereocenters. The fourth-order valence-electron chi connectivity index (χ4n) is 1.49. The fourth-order valence-corrected chi connectivity index (χ4v) is 1.49. The van der Waals surface area contributed by atoms with Crippen molar-refractivity contribution in [2.24, 2.45) is 0 Å². The molecular formula is C13H19NO6. The number of benzene rings is 1. The van der Waals surface area contributed by atoms with Crippen LogP contribution in [0.25, 0.3) is 0 Å². The summed E-state index contributed by atoms with van der Waals surface area (Å²) in [5.41, 5.74) is 5.72. The fraction of sp³-hybridized carbons (Fsp3) is 0.462. The molecule has 0 aliphatic rings. The van der Waals surface area contributed by atoms with Crippen molar-refractivity contribution in [1.82, 2.24) is 0 Å². The Morgan fingerprint density at radius 1 is 1.15 bits per heavy atom. The molecule has 1 aromatic carbocycles. The highest BCUT2D eigenvalue weighted by molar-refractivity contribution is 5.94. The maximum atomic E-state index is 11.0. The van der Waals surface area contributed by atoms with Gasteiger partial charge in [-0.3, -0.25) is 0 Å². The number of carboxylic acid groups (broad SMARTS) is 1. The minimum absolute atomic E-state index is 0.0268. The van der Waals surface area contributed by atoms with Crippen LogP contribution in [0.3, 0.4) is 0 Å². The third-order valence-electron chi connectivity index (χ3n) is 2.48. The minimum atomic E-state index is -1.12. The molecule has 1 rings (SSSR count). The number of anilines is 1. The first-order valence-corrected chi connectivity index (χ1v) is 6.00. The molecular weight excluding hydrogens is 266 g/mol. The molecule has 0 aliphatic carbocycles. The summed E-state index contributed by atoms with van der Waals surface area (Å²) >= 11 is 0. The summed E-state index contributed by atoms with van der Waals surface area (Å²) in [5, 5.41) is 9.01. The number of hydrogen-bond acceptors (Lipinski definition) is 6. The minimum Gasteiger partial charge on any atom is -0.493 e. The van der Waals surface area contributed by atoms with Gasteiger partial charge >= 0.3 is 5.97 Å². The van der Waals surface area contributed by atoms with Crippen LogP contribution in [0.4, 0.5) is 5.69 Å². The predicted octanol–water partition coefficient (Wildman–Crippen LogP) is 1.02. The number of carboxylic acids is 1. The van der Waals surface area contributed by atoms with Crippen LogP contribution in [0.15, 0.2) is 12.1 Å². The third-order valence-corrected chi connectivity index (χ3v) is 2.48. The van der Waals surface area contributed by atoms with Gasteiger partial charge in [0.15, 0.2) is 11.5 Å². The predicted molar refractivity (Wildman–Crippen MR) is 72.6 cm³/mol. The second-order valence-corrected chi connectivity index (χ2v) is 3.85. The maximum absolute atomic E-state index is 11.0. The van der Waals surface area contributed by atoms with Gasteiger partial charge in [0.05, 0.1) is 38.2 Å². The Morgan fingerprint density at radius 2 is 1.85 bits per heavy atom. The summed E-state index contributed by atoms with van der Waals surface area (Å²) < 4.78 is 20.6. The second-order valence-electron chi connectivity index (χ2n) is 3.85. The van der Waals surface area contributed by atoms with E-state index >= 15 is 0 Å². The molecule has 20 heavy (non-hydrogen) atoms. The summed E-state index contributed by atoms with van der Waals surface area (Å²) in [4.78, 5) is 11.0. The molecule has 112 valence electrons. The van der Waals surface area contributed by atoms with E-state index in [0.29, 0.717) is 31.3 Å². The van der Waals surface area contributed by atoms with Crippen molar-refractivity contribution in [2.75, 3.05) is 46.4 Å². The number of methoxy groups -OCH3 is 2. The van der Waals surface area contributed by atoms with Gasteiger partial charge in [0.1, 0.15) is 6.61 Å². The van der Waals surface area contributed by atoms with Gasteiger partial charge < -0.3 is 29.8 Å². The lowest BCUT2D eigenvalue weighted by molar-refractivity contribution is 0.0539. The van der Waals surface area contributed by atoms with Crippen molar-refractivity contribution in [1.29, 1.82) is 0 Å². The van der Waals surface area contributed by atoms with Crippen LogP contribution in [-0.2, 0) is 9.47 Å². The summed E-state index contributed by atoms with van der Waals surface area (Å²) in [5.74, 6) is -0.426. The summed E-state index contributed by atoms with van der Waals surface area (Å²) in [6.45, 7) is 1.61. The van der Waals surface area contributed by atoms with Crippen LogP contribution in [0, 0.1) is 0 Å². The van der Waals surface area contributed by atoms with Crippen LogP contribution < -0.4 is 15.2 Å². The van der Waals surface area contributed by atoms with Gasteiger partial charge in [-0.2, -0.15) is 0 Å². The zero-order chi connectivity index (χ0) is 15.0. The smallest absolute Gasteiger partial charge is 0.337 e. The molecule has 0 saturated heterocycles. The van der Waals surface area contributed by atoms with Crippen molar-refractivity contribution in [3.63, 3.8) is 0 Å². The van der Waals surface area contributed by atoms with Gasteiger partial charge in [-0.1, -0.05) is 0 Å². The molecule has 0 aliphatic heterocycles. The second kappa shape index (κ2) is 8.23. The zero-order valence-electron chi connectivity index (χ0n) is 11.5.